The number of para-hydroxylation sites is 1. The molecule has 6 nitrogen and oxygen atoms in total. The highest BCUT2D eigenvalue weighted by Crippen LogP contribution is 2.23. The summed E-state index contributed by atoms with van der Waals surface area (Å²) >= 11 is 0. The number of fused-ring (bicyclic) bond motifs is 1. The zero-order valence-electron chi connectivity index (χ0n) is 12.5. The second-order valence-electron chi connectivity index (χ2n) is 5.42. The number of aromatic nitrogens is 1. The van der Waals surface area contributed by atoms with Crippen LogP contribution in [0.4, 0.5) is 4.79 Å². The van der Waals surface area contributed by atoms with E-state index in [0.29, 0.717) is 26.2 Å². The highest BCUT2D eigenvalue weighted by atomic mass is 16.5. The fraction of sp³-hybridized carbons (Fsp3) is 0.375. The van der Waals surface area contributed by atoms with Crippen LogP contribution < -0.4 is 10.1 Å². The molecule has 2 heterocycles. The third kappa shape index (κ3) is 3.12. The van der Waals surface area contributed by atoms with Gasteiger partial charge in [0.25, 0.3) is 0 Å². The maximum atomic E-state index is 11.7. The number of amides is 2. The third-order valence-electron chi connectivity index (χ3n) is 3.61. The second kappa shape index (κ2) is 6.19. The summed E-state index contributed by atoms with van der Waals surface area (Å²) in [5, 5.41) is 13.0. The normalized spacial score (nSPS) is 14.7. The van der Waals surface area contributed by atoms with Gasteiger partial charge < -0.3 is 20.1 Å². The van der Waals surface area contributed by atoms with Crippen molar-refractivity contribution >= 4 is 16.9 Å². The summed E-state index contributed by atoms with van der Waals surface area (Å²) in [4.78, 5) is 17.7. The number of nitrogens with zero attached hydrogens (tertiary/aromatic N) is 2. The van der Waals surface area contributed by atoms with Gasteiger partial charge in [-0.2, -0.15) is 0 Å². The first-order chi connectivity index (χ1) is 10.6. The molecule has 0 atom stereocenters. The monoisotopic (exact) mass is 301 g/mol. The van der Waals surface area contributed by atoms with E-state index in [1.165, 1.54) is 0 Å². The van der Waals surface area contributed by atoms with E-state index in [-0.39, 0.29) is 12.1 Å². The SMILES string of the molecule is Cc1ccc2cccc(OCCNC(=O)N3CC(O)C3)c2n1. The number of nitrogens with one attached hydrogen (secondary N) is 1. The Balaban J connectivity index is 1.53. The lowest BCUT2D eigenvalue weighted by atomic mass is 10.2. The number of pyridine rings is 1. The largest absolute Gasteiger partial charge is 0.489 e. The molecule has 0 spiro atoms. The number of carbonyl (C=O) groups is 1. The summed E-state index contributed by atoms with van der Waals surface area (Å²) in [5.41, 5.74) is 1.77. The Morgan fingerprint density at radius 2 is 2.23 bits per heavy atom. The van der Waals surface area contributed by atoms with Gasteiger partial charge in [0.1, 0.15) is 17.9 Å². The number of benzene rings is 1. The van der Waals surface area contributed by atoms with Gasteiger partial charge in [0.2, 0.25) is 0 Å². The molecular formula is C16H19N3O3. The number of urea groups is 1. The van der Waals surface area contributed by atoms with Crippen molar-refractivity contribution in [1.29, 1.82) is 0 Å². The summed E-state index contributed by atoms with van der Waals surface area (Å²) in [5.74, 6) is 0.717. The molecule has 1 aromatic carbocycles. The molecule has 2 aromatic rings. The van der Waals surface area contributed by atoms with Crippen molar-refractivity contribution in [3.63, 3.8) is 0 Å². The number of carbonyl (C=O) groups excluding carboxylic acids is 1. The Kier molecular flexibility index (Phi) is 4.11. The van der Waals surface area contributed by atoms with Crippen molar-refractivity contribution in [1.82, 2.24) is 15.2 Å². The van der Waals surface area contributed by atoms with Crippen molar-refractivity contribution in [2.75, 3.05) is 26.2 Å². The number of ether oxygens (including phenoxy) is 1. The predicted octanol–water partition coefficient (Wildman–Crippen LogP) is 1.31. The van der Waals surface area contributed by atoms with E-state index in [9.17, 15) is 4.79 Å². The van der Waals surface area contributed by atoms with Crippen molar-refractivity contribution in [3.8, 4) is 5.75 Å². The fourth-order valence-electron chi connectivity index (χ4n) is 2.39. The first-order valence-corrected chi connectivity index (χ1v) is 7.33. The predicted molar refractivity (Wildman–Crippen MR) is 83.0 cm³/mol. The molecule has 1 saturated heterocycles. The number of aryl methyl sites for hydroxylation is 1. The Bertz CT molecular complexity index is 683. The molecular weight excluding hydrogens is 282 g/mol. The Morgan fingerprint density at radius 1 is 1.41 bits per heavy atom. The molecule has 2 N–H and O–H groups in total. The molecule has 0 radical (unpaired) electrons. The molecule has 1 fully saturated rings. The zero-order chi connectivity index (χ0) is 15.5. The topological polar surface area (TPSA) is 74.7 Å². The van der Waals surface area contributed by atoms with Crippen molar-refractivity contribution in [2.45, 2.75) is 13.0 Å². The van der Waals surface area contributed by atoms with Crippen molar-refractivity contribution in [2.24, 2.45) is 0 Å². The quantitative estimate of drug-likeness (QED) is 0.835. The summed E-state index contributed by atoms with van der Waals surface area (Å²) in [7, 11) is 0. The van der Waals surface area contributed by atoms with Gasteiger partial charge in [-0.05, 0) is 19.1 Å². The molecule has 0 bridgehead atoms. The van der Waals surface area contributed by atoms with Crippen molar-refractivity contribution in [3.05, 3.63) is 36.0 Å². The molecule has 116 valence electrons. The number of hydrogen-bond donors (Lipinski definition) is 2. The van der Waals surface area contributed by atoms with Gasteiger partial charge in [-0.25, -0.2) is 9.78 Å². The molecule has 1 aliphatic rings. The highest BCUT2D eigenvalue weighted by molar-refractivity contribution is 5.84. The number of likely N-dealkylation sites (tertiary alicyclic amines) is 1. The molecule has 1 aliphatic heterocycles. The van der Waals surface area contributed by atoms with E-state index in [1.807, 2.05) is 37.3 Å². The van der Waals surface area contributed by atoms with E-state index in [1.54, 1.807) is 4.90 Å². The number of aliphatic hydroxyl groups excluding tert-OH is 1. The van der Waals surface area contributed by atoms with Crippen LogP contribution in [0.15, 0.2) is 30.3 Å². The van der Waals surface area contributed by atoms with Crippen LogP contribution in [-0.2, 0) is 0 Å². The summed E-state index contributed by atoms with van der Waals surface area (Å²) in [6.45, 7) is 3.53. The van der Waals surface area contributed by atoms with Crippen LogP contribution in [0.2, 0.25) is 0 Å². The highest BCUT2D eigenvalue weighted by Gasteiger charge is 2.28. The third-order valence-corrected chi connectivity index (χ3v) is 3.61. The number of β-amino-alcohol motifs (C(OH)–C–C–N with tert-alkyl or cyclic N) is 1. The van der Waals surface area contributed by atoms with Crippen molar-refractivity contribution < 1.29 is 14.6 Å². The molecule has 1 aromatic heterocycles. The van der Waals surface area contributed by atoms with Gasteiger partial charge in [-0.3, -0.25) is 0 Å². The van der Waals surface area contributed by atoms with Gasteiger partial charge >= 0.3 is 6.03 Å². The Morgan fingerprint density at radius 3 is 3.00 bits per heavy atom. The van der Waals surface area contributed by atoms with E-state index in [0.717, 1.165) is 22.3 Å². The number of rotatable bonds is 4. The Hall–Kier alpha value is -2.34. The van der Waals surface area contributed by atoms with Crippen LogP contribution in [0.5, 0.6) is 5.75 Å². The molecule has 0 aliphatic carbocycles. The van der Waals surface area contributed by atoms with E-state index < -0.39 is 0 Å². The minimum atomic E-state index is -0.382. The van der Waals surface area contributed by atoms with Crippen LogP contribution in [0.3, 0.4) is 0 Å². The minimum absolute atomic E-state index is 0.166. The number of aliphatic hydroxyl groups is 1. The van der Waals surface area contributed by atoms with Crippen LogP contribution in [-0.4, -0.2) is 53.4 Å². The number of hydrogen-bond acceptors (Lipinski definition) is 4. The zero-order valence-corrected chi connectivity index (χ0v) is 12.5. The standard InChI is InChI=1S/C16H19N3O3/c1-11-5-6-12-3-2-4-14(15(12)18-11)22-8-7-17-16(21)19-9-13(20)10-19/h2-6,13,20H,7-10H2,1H3,(H,17,21). The molecule has 6 heteroatoms. The van der Waals surface area contributed by atoms with E-state index >= 15 is 0 Å². The van der Waals surface area contributed by atoms with Gasteiger partial charge in [0.15, 0.2) is 0 Å². The van der Waals surface area contributed by atoms with Gasteiger partial charge in [0, 0.05) is 11.1 Å². The summed E-state index contributed by atoms with van der Waals surface area (Å²) in [6.07, 6.45) is -0.382. The van der Waals surface area contributed by atoms with Crippen LogP contribution in [0.1, 0.15) is 5.69 Å². The van der Waals surface area contributed by atoms with Crippen LogP contribution >= 0.6 is 0 Å². The fourth-order valence-corrected chi connectivity index (χ4v) is 2.39. The van der Waals surface area contributed by atoms with E-state index in [4.69, 9.17) is 9.84 Å². The lowest BCUT2D eigenvalue weighted by Crippen LogP contribution is -2.57. The maximum absolute atomic E-state index is 11.7. The first-order valence-electron chi connectivity index (χ1n) is 7.33. The van der Waals surface area contributed by atoms with Gasteiger partial charge in [-0.15, -0.1) is 0 Å². The van der Waals surface area contributed by atoms with E-state index in [2.05, 4.69) is 10.3 Å². The minimum Gasteiger partial charge on any atom is -0.489 e. The molecule has 0 unspecified atom stereocenters. The lowest BCUT2D eigenvalue weighted by Gasteiger charge is -2.35. The Labute approximate surface area is 128 Å². The average Bonchev–Trinajstić information content (AvgIpc) is 2.48. The lowest BCUT2D eigenvalue weighted by molar-refractivity contribution is 0.0264. The molecule has 0 saturated carbocycles. The first kappa shape index (κ1) is 14.6. The molecule has 22 heavy (non-hydrogen) atoms. The molecule has 3 rings (SSSR count). The smallest absolute Gasteiger partial charge is 0.317 e. The maximum Gasteiger partial charge on any atom is 0.317 e. The van der Waals surface area contributed by atoms with Crippen LogP contribution in [0.25, 0.3) is 10.9 Å². The molecule has 2 amide bonds. The summed E-state index contributed by atoms with van der Waals surface area (Å²) in [6, 6.07) is 9.61. The van der Waals surface area contributed by atoms with Gasteiger partial charge in [0.05, 0.1) is 25.7 Å². The van der Waals surface area contributed by atoms with Gasteiger partial charge in [-0.1, -0.05) is 18.2 Å². The second-order valence-corrected chi connectivity index (χ2v) is 5.42. The van der Waals surface area contributed by atoms with Crippen LogP contribution in [0, 0.1) is 6.92 Å². The average molecular weight is 301 g/mol. The summed E-state index contributed by atoms with van der Waals surface area (Å²) < 4.78 is 5.73.